The van der Waals surface area contributed by atoms with Crippen molar-refractivity contribution < 1.29 is 23.5 Å². The third-order valence-electron chi connectivity index (χ3n) is 5.41. The lowest BCUT2D eigenvalue weighted by atomic mass is 9.92. The van der Waals surface area contributed by atoms with Gasteiger partial charge in [0.2, 0.25) is 0 Å². The predicted molar refractivity (Wildman–Crippen MR) is 121 cm³/mol. The Hall–Kier alpha value is -4.18. The van der Waals surface area contributed by atoms with Crippen molar-refractivity contribution in [1.82, 2.24) is 20.7 Å². The summed E-state index contributed by atoms with van der Waals surface area (Å²) in [5.74, 6) is -0.371. The number of amides is 4. The molecule has 0 unspecified atom stereocenters. The van der Waals surface area contributed by atoms with Crippen molar-refractivity contribution in [3.8, 4) is 16.5 Å². The molecule has 1 fully saturated rings. The van der Waals surface area contributed by atoms with Crippen LogP contribution in [0.4, 0.5) is 4.79 Å². The van der Waals surface area contributed by atoms with Gasteiger partial charge >= 0.3 is 11.9 Å². The minimum absolute atomic E-state index is 0.0529. The number of para-hydroxylation sites is 1. The summed E-state index contributed by atoms with van der Waals surface area (Å²) >= 11 is 1.43. The molecule has 10 heteroatoms. The fraction of sp³-hybridized carbons (Fsp3) is 0.130. The van der Waals surface area contributed by atoms with E-state index in [0.717, 1.165) is 10.2 Å². The minimum Gasteiger partial charge on any atom is -0.497 e. The molecule has 4 aromatic rings. The molecule has 1 saturated heterocycles. The van der Waals surface area contributed by atoms with Crippen molar-refractivity contribution >= 4 is 39.4 Å². The van der Waals surface area contributed by atoms with Gasteiger partial charge in [-0.25, -0.2) is 15.2 Å². The number of imide groups is 1. The van der Waals surface area contributed by atoms with Crippen LogP contribution in [-0.2, 0) is 10.3 Å². The van der Waals surface area contributed by atoms with Gasteiger partial charge in [-0.15, -0.1) is 11.3 Å². The SMILES string of the molecule is COc1ccc([C@@]2(C)NC(=O)N(NC(=O)c3ccc(-c4nc5ccccc5s4)o3)C2=O)cc1. The molecule has 5 rings (SSSR count). The van der Waals surface area contributed by atoms with Gasteiger partial charge in [-0.2, -0.15) is 5.01 Å². The Labute approximate surface area is 191 Å². The second-order valence-electron chi connectivity index (χ2n) is 7.52. The van der Waals surface area contributed by atoms with E-state index in [1.807, 2.05) is 24.3 Å². The first-order valence-electron chi connectivity index (χ1n) is 9.97. The Balaban J connectivity index is 1.34. The Bertz CT molecular complexity index is 1360. The molecule has 0 bridgehead atoms. The van der Waals surface area contributed by atoms with Gasteiger partial charge in [0, 0.05) is 0 Å². The molecule has 2 aromatic carbocycles. The number of carbonyl (C=O) groups is 3. The maximum atomic E-state index is 13.0. The molecule has 33 heavy (non-hydrogen) atoms. The van der Waals surface area contributed by atoms with Crippen LogP contribution in [0.5, 0.6) is 5.75 Å². The lowest BCUT2D eigenvalue weighted by molar-refractivity contribution is -0.132. The molecule has 2 aromatic heterocycles. The zero-order chi connectivity index (χ0) is 23.2. The van der Waals surface area contributed by atoms with E-state index in [9.17, 15) is 14.4 Å². The normalized spacial score (nSPS) is 17.9. The zero-order valence-electron chi connectivity index (χ0n) is 17.6. The van der Waals surface area contributed by atoms with Gasteiger partial charge in [-0.05, 0) is 48.9 Å². The van der Waals surface area contributed by atoms with Crippen LogP contribution in [0, 0.1) is 0 Å². The van der Waals surface area contributed by atoms with Crippen molar-refractivity contribution in [3.63, 3.8) is 0 Å². The minimum atomic E-state index is -1.34. The monoisotopic (exact) mass is 462 g/mol. The summed E-state index contributed by atoms with van der Waals surface area (Å²) in [4.78, 5) is 42.8. The molecule has 4 amide bonds. The van der Waals surface area contributed by atoms with Crippen LogP contribution in [0.1, 0.15) is 23.0 Å². The number of hydrogen-bond donors (Lipinski definition) is 2. The molecule has 1 aliphatic rings. The largest absolute Gasteiger partial charge is 0.497 e. The second kappa shape index (κ2) is 7.75. The van der Waals surface area contributed by atoms with Crippen LogP contribution in [-0.4, -0.2) is 34.9 Å². The number of furan rings is 1. The Kier molecular flexibility index (Phi) is 4.86. The Morgan fingerprint density at radius 2 is 1.88 bits per heavy atom. The first-order valence-corrected chi connectivity index (χ1v) is 10.8. The topological polar surface area (TPSA) is 114 Å². The number of benzene rings is 2. The van der Waals surface area contributed by atoms with Crippen LogP contribution in [0.15, 0.2) is 65.1 Å². The van der Waals surface area contributed by atoms with E-state index >= 15 is 0 Å². The summed E-state index contributed by atoms with van der Waals surface area (Å²) < 4.78 is 11.8. The van der Waals surface area contributed by atoms with Crippen LogP contribution in [0.25, 0.3) is 21.0 Å². The van der Waals surface area contributed by atoms with Crippen molar-refractivity contribution in [2.75, 3.05) is 7.11 Å². The highest BCUT2D eigenvalue weighted by Gasteiger charge is 2.50. The van der Waals surface area contributed by atoms with E-state index in [1.165, 1.54) is 24.5 Å². The van der Waals surface area contributed by atoms with E-state index in [-0.39, 0.29) is 5.76 Å². The molecule has 166 valence electrons. The number of aromatic nitrogens is 1. The Morgan fingerprint density at radius 1 is 1.12 bits per heavy atom. The third-order valence-corrected chi connectivity index (χ3v) is 6.46. The van der Waals surface area contributed by atoms with Crippen molar-refractivity contribution in [3.05, 3.63) is 72.0 Å². The zero-order valence-corrected chi connectivity index (χ0v) is 18.4. The van der Waals surface area contributed by atoms with Gasteiger partial charge in [0.25, 0.3) is 5.91 Å². The van der Waals surface area contributed by atoms with Crippen molar-refractivity contribution in [1.29, 1.82) is 0 Å². The quantitative estimate of drug-likeness (QED) is 0.438. The van der Waals surface area contributed by atoms with E-state index in [2.05, 4.69) is 15.7 Å². The van der Waals surface area contributed by atoms with Crippen LogP contribution in [0.2, 0.25) is 0 Å². The van der Waals surface area contributed by atoms with Gasteiger partial charge < -0.3 is 14.5 Å². The lowest BCUT2D eigenvalue weighted by Gasteiger charge is -2.22. The molecule has 0 radical (unpaired) electrons. The molecule has 0 saturated carbocycles. The molecule has 9 nitrogen and oxygen atoms in total. The molecule has 1 aliphatic heterocycles. The number of hydrogen-bond acceptors (Lipinski definition) is 7. The fourth-order valence-electron chi connectivity index (χ4n) is 3.57. The molecular weight excluding hydrogens is 444 g/mol. The average Bonchev–Trinajstić information content (AvgIpc) is 3.53. The van der Waals surface area contributed by atoms with Gasteiger partial charge in [0.1, 0.15) is 11.3 Å². The number of ether oxygens (including phenoxy) is 1. The average molecular weight is 462 g/mol. The van der Waals surface area contributed by atoms with Gasteiger partial charge in [0.15, 0.2) is 16.5 Å². The number of carbonyl (C=O) groups excluding carboxylic acids is 3. The molecule has 2 N–H and O–H groups in total. The number of rotatable bonds is 5. The van der Waals surface area contributed by atoms with Crippen LogP contribution < -0.4 is 15.5 Å². The van der Waals surface area contributed by atoms with Gasteiger partial charge in [0.05, 0.1) is 17.3 Å². The van der Waals surface area contributed by atoms with Gasteiger partial charge in [-0.3, -0.25) is 9.59 Å². The highest BCUT2D eigenvalue weighted by atomic mass is 32.1. The maximum absolute atomic E-state index is 13.0. The number of urea groups is 1. The number of fused-ring (bicyclic) bond motifs is 1. The van der Waals surface area contributed by atoms with Crippen molar-refractivity contribution in [2.45, 2.75) is 12.5 Å². The summed E-state index contributed by atoms with van der Waals surface area (Å²) in [6.07, 6.45) is 0. The van der Waals surface area contributed by atoms with Crippen molar-refractivity contribution in [2.24, 2.45) is 0 Å². The number of methoxy groups -OCH3 is 1. The molecule has 3 heterocycles. The van der Waals surface area contributed by atoms with Crippen LogP contribution in [0.3, 0.4) is 0 Å². The van der Waals surface area contributed by atoms with Gasteiger partial charge in [-0.1, -0.05) is 24.3 Å². The number of nitrogens with zero attached hydrogens (tertiary/aromatic N) is 2. The number of nitrogens with one attached hydrogen (secondary N) is 2. The molecular formula is C23H18N4O5S. The molecule has 1 atom stereocenters. The third kappa shape index (κ3) is 3.50. The predicted octanol–water partition coefficient (Wildman–Crippen LogP) is 3.68. The lowest BCUT2D eigenvalue weighted by Crippen LogP contribution is -2.47. The number of thiazole rings is 1. The fourth-order valence-corrected chi connectivity index (χ4v) is 4.50. The molecule has 0 spiro atoms. The second-order valence-corrected chi connectivity index (χ2v) is 8.55. The Morgan fingerprint density at radius 3 is 2.61 bits per heavy atom. The molecule has 0 aliphatic carbocycles. The van der Waals surface area contributed by atoms with E-state index in [4.69, 9.17) is 9.15 Å². The highest BCUT2D eigenvalue weighted by molar-refractivity contribution is 7.21. The standard InChI is InChI=1S/C23H18N4O5S/c1-23(13-7-9-14(31-2)10-8-13)21(29)27(22(30)25-23)26-19(28)16-11-12-17(32-16)20-24-15-5-3-4-6-18(15)33-20/h3-12H,1-2H3,(H,25,30)(H,26,28)/t23-/m1/s1. The van der Waals surface area contributed by atoms with E-state index in [1.54, 1.807) is 37.3 Å². The highest BCUT2D eigenvalue weighted by Crippen LogP contribution is 2.32. The summed E-state index contributed by atoms with van der Waals surface area (Å²) in [7, 11) is 1.54. The first-order chi connectivity index (χ1) is 15.9. The summed E-state index contributed by atoms with van der Waals surface area (Å²) in [5.41, 5.74) is 2.37. The van der Waals surface area contributed by atoms with E-state index < -0.39 is 23.4 Å². The van der Waals surface area contributed by atoms with Crippen LogP contribution >= 0.6 is 11.3 Å². The maximum Gasteiger partial charge on any atom is 0.344 e. The van der Waals surface area contributed by atoms with E-state index in [0.29, 0.717) is 27.1 Å². The smallest absolute Gasteiger partial charge is 0.344 e. The summed E-state index contributed by atoms with van der Waals surface area (Å²) in [6, 6.07) is 16.7. The summed E-state index contributed by atoms with van der Waals surface area (Å²) in [6.45, 7) is 1.57. The number of hydrazine groups is 1. The summed E-state index contributed by atoms with van der Waals surface area (Å²) in [5, 5.41) is 3.91. The first kappa shape index (κ1) is 20.7.